The van der Waals surface area contributed by atoms with Crippen LogP contribution in [-0.2, 0) is 13.0 Å². The van der Waals surface area contributed by atoms with Gasteiger partial charge in [0.1, 0.15) is 0 Å². The summed E-state index contributed by atoms with van der Waals surface area (Å²) in [6.07, 6.45) is 2.75. The number of halogens is 2. The molecule has 138 valence electrons. The van der Waals surface area contributed by atoms with E-state index in [1.807, 2.05) is 17.7 Å². The molecule has 26 heavy (non-hydrogen) atoms. The van der Waals surface area contributed by atoms with E-state index in [1.165, 1.54) is 0 Å². The molecular formula is C18H21Cl2N5O. The van der Waals surface area contributed by atoms with Crippen molar-refractivity contribution in [1.82, 2.24) is 25.2 Å². The van der Waals surface area contributed by atoms with E-state index in [0.29, 0.717) is 34.9 Å². The van der Waals surface area contributed by atoms with Gasteiger partial charge in [0, 0.05) is 23.1 Å². The maximum atomic E-state index is 13.0. The molecule has 2 aromatic rings. The van der Waals surface area contributed by atoms with Gasteiger partial charge in [0.25, 0.3) is 5.91 Å². The molecule has 0 atom stereocenters. The number of rotatable bonds is 2. The summed E-state index contributed by atoms with van der Waals surface area (Å²) in [4.78, 5) is 14.8. The van der Waals surface area contributed by atoms with Crippen molar-refractivity contribution in [1.29, 1.82) is 0 Å². The number of hydrogen-bond acceptors (Lipinski definition) is 4. The minimum atomic E-state index is -0.0839. The number of piperidine rings is 1. The Labute approximate surface area is 162 Å². The first-order valence-electron chi connectivity index (χ1n) is 8.93. The van der Waals surface area contributed by atoms with Gasteiger partial charge in [0.05, 0.1) is 11.7 Å². The van der Waals surface area contributed by atoms with Gasteiger partial charge in [-0.25, -0.2) is 4.68 Å². The standard InChI is InChI=1S/C18H21Cl2N5O/c1-11-17(22-23-25(11)14-2-5-21-6-3-14)18(26)24-7-4-12-8-13(19)9-16(20)15(12)10-24/h8-9,14,21H,2-7,10H2,1H3. The molecule has 1 amide bonds. The third kappa shape index (κ3) is 3.21. The smallest absolute Gasteiger partial charge is 0.276 e. The van der Waals surface area contributed by atoms with Crippen molar-refractivity contribution in [2.24, 2.45) is 0 Å². The number of nitrogens with one attached hydrogen (secondary N) is 1. The number of amides is 1. The molecule has 6 nitrogen and oxygen atoms in total. The van der Waals surface area contributed by atoms with Crippen LogP contribution < -0.4 is 5.32 Å². The average molecular weight is 394 g/mol. The Kier molecular flexibility index (Phi) is 4.90. The fourth-order valence-electron chi connectivity index (χ4n) is 3.84. The highest BCUT2D eigenvalue weighted by atomic mass is 35.5. The van der Waals surface area contributed by atoms with Gasteiger partial charge in [0.15, 0.2) is 5.69 Å². The number of hydrogen-bond donors (Lipinski definition) is 1. The van der Waals surface area contributed by atoms with Crippen LogP contribution in [0.25, 0.3) is 0 Å². The van der Waals surface area contributed by atoms with E-state index in [4.69, 9.17) is 23.2 Å². The van der Waals surface area contributed by atoms with Crippen LogP contribution in [-0.4, -0.2) is 45.4 Å². The van der Waals surface area contributed by atoms with E-state index in [9.17, 15) is 4.79 Å². The molecular weight excluding hydrogens is 373 g/mol. The Balaban J connectivity index is 1.56. The third-order valence-corrected chi connectivity index (χ3v) is 5.88. The van der Waals surface area contributed by atoms with Crippen LogP contribution in [0.15, 0.2) is 12.1 Å². The summed E-state index contributed by atoms with van der Waals surface area (Å²) in [6, 6.07) is 3.97. The minimum Gasteiger partial charge on any atom is -0.332 e. The third-order valence-electron chi connectivity index (χ3n) is 5.32. The largest absolute Gasteiger partial charge is 0.332 e. The second-order valence-corrected chi connectivity index (χ2v) is 7.79. The molecule has 1 N–H and O–H groups in total. The van der Waals surface area contributed by atoms with E-state index in [-0.39, 0.29) is 5.91 Å². The summed E-state index contributed by atoms with van der Waals surface area (Å²) in [6.45, 7) is 4.97. The van der Waals surface area contributed by atoms with Crippen molar-refractivity contribution in [2.75, 3.05) is 19.6 Å². The zero-order valence-electron chi connectivity index (χ0n) is 14.6. The lowest BCUT2D eigenvalue weighted by Gasteiger charge is -2.29. The van der Waals surface area contributed by atoms with E-state index in [1.54, 1.807) is 11.0 Å². The van der Waals surface area contributed by atoms with Crippen LogP contribution in [0.4, 0.5) is 0 Å². The molecule has 0 bridgehead atoms. The molecule has 0 saturated carbocycles. The number of fused-ring (bicyclic) bond motifs is 1. The number of nitrogens with zero attached hydrogens (tertiary/aromatic N) is 4. The van der Waals surface area contributed by atoms with E-state index >= 15 is 0 Å². The molecule has 0 radical (unpaired) electrons. The summed E-state index contributed by atoms with van der Waals surface area (Å²) in [7, 11) is 0. The lowest BCUT2D eigenvalue weighted by atomic mass is 9.99. The van der Waals surface area contributed by atoms with Gasteiger partial charge in [-0.15, -0.1) is 5.10 Å². The predicted octanol–water partition coefficient (Wildman–Crippen LogP) is 3.02. The number of benzene rings is 1. The van der Waals surface area contributed by atoms with Crippen molar-refractivity contribution in [3.05, 3.63) is 44.7 Å². The van der Waals surface area contributed by atoms with Gasteiger partial charge in [-0.2, -0.15) is 0 Å². The summed E-state index contributed by atoms with van der Waals surface area (Å²) in [5.74, 6) is -0.0839. The van der Waals surface area contributed by atoms with Crippen molar-refractivity contribution < 1.29 is 4.79 Å². The highest BCUT2D eigenvalue weighted by Crippen LogP contribution is 2.31. The Morgan fingerprint density at radius 1 is 1.27 bits per heavy atom. The van der Waals surface area contributed by atoms with Crippen LogP contribution in [0, 0.1) is 6.92 Å². The number of carbonyl (C=O) groups is 1. The van der Waals surface area contributed by atoms with Crippen molar-refractivity contribution in [2.45, 2.75) is 38.8 Å². The summed E-state index contributed by atoms with van der Waals surface area (Å²) >= 11 is 12.4. The molecule has 3 heterocycles. The molecule has 0 spiro atoms. The van der Waals surface area contributed by atoms with E-state index in [2.05, 4.69) is 15.6 Å². The maximum Gasteiger partial charge on any atom is 0.276 e. The summed E-state index contributed by atoms with van der Waals surface area (Å²) < 4.78 is 1.92. The lowest BCUT2D eigenvalue weighted by Crippen LogP contribution is -2.36. The zero-order valence-corrected chi connectivity index (χ0v) is 16.1. The fourth-order valence-corrected chi connectivity index (χ4v) is 4.44. The molecule has 0 unspecified atom stereocenters. The Morgan fingerprint density at radius 2 is 2.04 bits per heavy atom. The molecule has 1 saturated heterocycles. The van der Waals surface area contributed by atoms with Crippen molar-refractivity contribution in [3.63, 3.8) is 0 Å². The first-order valence-corrected chi connectivity index (χ1v) is 9.68. The maximum absolute atomic E-state index is 13.0. The van der Waals surface area contributed by atoms with Crippen molar-refractivity contribution in [3.8, 4) is 0 Å². The Bertz CT molecular complexity index is 844. The Morgan fingerprint density at radius 3 is 2.81 bits per heavy atom. The van der Waals surface area contributed by atoms with Gasteiger partial charge in [-0.1, -0.05) is 28.4 Å². The fraction of sp³-hybridized carbons (Fsp3) is 0.500. The van der Waals surface area contributed by atoms with Crippen LogP contribution in [0.3, 0.4) is 0 Å². The molecule has 2 aliphatic rings. The quantitative estimate of drug-likeness (QED) is 0.851. The van der Waals surface area contributed by atoms with Crippen LogP contribution in [0.1, 0.15) is 46.2 Å². The molecule has 0 aliphatic carbocycles. The molecule has 4 rings (SSSR count). The van der Waals surface area contributed by atoms with Gasteiger partial charge in [-0.05, 0) is 62.5 Å². The molecule has 1 aromatic carbocycles. The van der Waals surface area contributed by atoms with Gasteiger partial charge in [0.2, 0.25) is 0 Å². The normalized spacial score (nSPS) is 18.0. The average Bonchev–Trinajstić information content (AvgIpc) is 3.03. The summed E-state index contributed by atoms with van der Waals surface area (Å²) in [5, 5.41) is 13.1. The van der Waals surface area contributed by atoms with Crippen LogP contribution >= 0.6 is 23.2 Å². The number of carbonyl (C=O) groups excluding carboxylic acids is 1. The molecule has 2 aliphatic heterocycles. The number of aromatic nitrogens is 3. The second kappa shape index (κ2) is 7.18. The topological polar surface area (TPSA) is 63.1 Å². The monoisotopic (exact) mass is 393 g/mol. The first-order chi connectivity index (χ1) is 12.5. The van der Waals surface area contributed by atoms with Gasteiger partial charge in [-0.3, -0.25) is 4.79 Å². The van der Waals surface area contributed by atoms with E-state index < -0.39 is 0 Å². The first kappa shape index (κ1) is 17.8. The Hall–Kier alpha value is -1.63. The highest BCUT2D eigenvalue weighted by Gasteiger charge is 2.29. The van der Waals surface area contributed by atoms with Crippen LogP contribution in [0.5, 0.6) is 0 Å². The summed E-state index contributed by atoms with van der Waals surface area (Å²) in [5.41, 5.74) is 3.37. The van der Waals surface area contributed by atoms with E-state index in [0.717, 1.165) is 49.2 Å². The zero-order chi connectivity index (χ0) is 18.3. The van der Waals surface area contributed by atoms with Crippen molar-refractivity contribution >= 4 is 29.1 Å². The van der Waals surface area contributed by atoms with Gasteiger partial charge < -0.3 is 10.2 Å². The predicted molar refractivity (Wildman–Crippen MR) is 101 cm³/mol. The molecule has 1 aromatic heterocycles. The SMILES string of the molecule is Cc1c(C(=O)N2CCc3cc(Cl)cc(Cl)c3C2)nnn1C1CCNCC1. The highest BCUT2D eigenvalue weighted by molar-refractivity contribution is 6.35. The second-order valence-electron chi connectivity index (χ2n) is 6.95. The van der Waals surface area contributed by atoms with Gasteiger partial charge >= 0.3 is 0 Å². The molecule has 1 fully saturated rings. The van der Waals surface area contributed by atoms with Crippen LogP contribution in [0.2, 0.25) is 10.0 Å². The molecule has 8 heteroatoms. The lowest BCUT2D eigenvalue weighted by molar-refractivity contribution is 0.0728. The minimum absolute atomic E-state index is 0.0839.